The zero-order chi connectivity index (χ0) is 15.2. The number of nitrogens with zero attached hydrogens (tertiary/aromatic N) is 1. The summed E-state index contributed by atoms with van der Waals surface area (Å²) in [5.74, 6) is 0.911. The minimum absolute atomic E-state index is 0.176. The van der Waals surface area contributed by atoms with Crippen molar-refractivity contribution in [1.82, 2.24) is 9.97 Å². The first kappa shape index (κ1) is 12.9. The molecule has 5 rings (SSSR count). The van der Waals surface area contributed by atoms with Crippen molar-refractivity contribution < 1.29 is 0 Å². The first-order chi connectivity index (χ1) is 11.4. The first-order valence-electron chi connectivity index (χ1n) is 8.43. The van der Waals surface area contributed by atoms with Crippen molar-refractivity contribution in [1.29, 1.82) is 0 Å². The van der Waals surface area contributed by atoms with E-state index in [4.69, 9.17) is 4.98 Å². The van der Waals surface area contributed by atoms with Crippen LogP contribution < -0.4 is 5.32 Å². The third-order valence-electron chi connectivity index (χ3n) is 5.07. The lowest BCUT2D eigenvalue weighted by Gasteiger charge is -2.15. The third-order valence-corrected chi connectivity index (χ3v) is 5.07. The highest BCUT2D eigenvalue weighted by Crippen LogP contribution is 2.44. The minimum Gasteiger partial charge on any atom is -0.345 e. The number of rotatable bonds is 2. The molecule has 3 nitrogen and oxygen atoms in total. The van der Waals surface area contributed by atoms with E-state index in [0.717, 1.165) is 18.8 Å². The smallest absolute Gasteiger partial charge is 0.201 e. The molecule has 0 aliphatic heterocycles. The zero-order valence-electron chi connectivity index (χ0n) is 13.0. The molecule has 2 aromatic carbocycles. The molecule has 0 spiro atoms. The molecule has 0 radical (unpaired) electrons. The average molecular weight is 301 g/mol. The third kappa shape index (κ3) is 2.00. The molecule has 114 valence electrons. The number of benzene rings is 2. The van der Waals surface area contributed by atoms with Gasteiger partial charge in [0.2, 0.25) is 5.95 Å². The summed E-state index contributed by atoms with van der Waals surface area (Å²) in [6, 6.07) is 17.5. The summed E-state index contributed by atoms with van der Waals surface area (Å²) in [6.07, 6.45) is 4.75. The Hall–Kier alpha value is -2.55. The van der Waals surface area contributed by atoms with Crippen LogP contribution in [0.3, 0.4) is 0 Å². The van der Waals surface area contributed by atoms with Crippen LogP contribution in [0.5, 0.6) is 0 Å². The number of imidazole rings is 1. The van der Waals surface area contributed by atoms with E-state index in [2.05, 4.69) is 58.8 Å². The van der Waals surface area contributed by atoms with E-state index in [1.807, 2.05) is 0 Å². The van der Waals surface area contributed by atoms with E-state index in [0.29, 0.717) is 0 Å². The van der Waals surface area contributed by atoms with E-state index in [-0.39, 0.29) is 6.04 Å². The van der Waals surface area contributed by atoms with E-state index >= 15 is 0 Å². The number of anilines is 1. The molecule has 2 N–H and O–H groups in total. The maximum atomic E-state index is 4.79. The summed E-state index contributed by atoms with van der Waals surface area (Å²) in [6.45, 7) is 0. The first-order valence-corrected chi connectivity index (χ1v) is 8.43. The fourth-order valence-corrected chi connectivity index (χ4v) is 3.97. The number of nitrogens with one attached hydrogen (secondary N) is 2. The van der Waals surface area contributed by atoms with Crippen LogP contribution in [0, 0.1) is 0 Å². The van der Waals surface area contributed by atoms with Gasteiger partial charge in [-0.05, 0) is 47.9 Å². The lowest BCUT2D eigenvalue weighted by Crippen LogP contribution is -2.10. The Balaban J connectivity index is 1.56. The Morgan fingerprint density at radius 3 is 2.22 bits per heavy atom. The minimum atomic E-state index is 0.176. The number of hydrogen-bond donors (Lipinski definition) is 2. The second-order valence-electron chi connectivity index (χ2n) is 6.47. The summed E-state index contributed by atoms with van der Waals surface area (Å²) in [7, 11) is 0. The van der Waals surface area contributed by atoms with Crippen molar-refractivity contribution in [3.05, 3.63) is 71.0 Å². The van der Waals surface area contributed by atoms with Gasteiger partial charge in [-0.25, -0.2) is 4.98 Å². The maximum Gasteiger partial charge on any atom is 0.201 e. The lowest BCUT2D eigenvalue weighted by atomic mass is 10.0. The molecule has 0 fully saturated rings. The van der Waals surface area contributed by atoms with Gasteiger partial charge in [0.25, 0.3) is 0 Å². The monoisotopic (exact) mass is 301 g/mol. The van der Waals surface area contributed by atoms with Gasteiger partial charge in [-0.15, -0.1) is 0 Å². The molecule has 0 saturated heterocycles. The van der Waals surface area contributed by atoms with Crippen molar-refractivity contribution in [3.63, 3.8) is 0 Å². The van der Waals surface area contributed by atoms with Gasteiger partial charge in [0.05, 0.1) is 11.7 Å². The van der Waals surface area contributed by atoms with Crippen LogP contribution in [0.1, 0.15) is 41.4 Å². The number of H-pyrrole nitrogens is 1. The molecular weight excluding hydrogens is 282 g/mol. The number of aryl methyl sites for hydroxylation is 2. The Kier molecular flexibility index (Phi) is 2.80. The van der Waals surface area contributed by atoms with Crippen LogP contribution in [-0.4, -0.2) is 9.97 Å². The quantitative estimate of drug-likeness (QED) is 0.733. The normalized spacial score (nSPS) is 15.8. The van der Waals surface area contributed by atoms with Gasteiger partial charge in [-0.2, -0.15) is 0 Å². The SMILES string of the molecule is c1ccc2c(c1)-c1ccccc1C2Nc1nc2c([nH]1)CCCC2. The molecular formula is C20H19N3. The van der Waals surface area contributed by atoms with Gasteiger partial charge in [-0.1, -0.05) is 48.5 Å². The van der Waals surface area contributed by atoms with Crippen molar-refractivity contribution in [3.8, 4) is 11.1 Å². The summed E-state index contributed by atoms with van der Waals surface area (Å²) >= 11 is 0. The van der Waals surface area contributed by atoms with Crippen molar-refractivity contribution in [2.45, 2.75) is 31.7 Å². The summed E-state index contributed by atoms with van der Waals surface area (Å²) < 4.78 is 0. The van der Waals surface area contributed by atoms with E-state index in [1.54, 1.807) is 0 Å². The fraction of sp³-hybridized carbons (Fsp3) is 0.250. The summed E-state index contributed by atoms with van der Waals surface area (Å²) in [5.41, 5.74) is 7.90. The van der Waals surface area contributed by atoms with E-state index < -0.39 is 0 Å². The second kappa shape index (κ2) is 4.98. The molecule has 1 heterocycles. The fourth-order valence-electron chi connectivity index (χ4n) is 3.97. The molecule has 0 unspecified atom stereocenters. The molecule has 0 amide bonds. The predicted molar refractivity (Wildman–Crippen MR) is 92.6 cm³/mol. The Labute approximate surface area is 135 Å². The van der Waals surface area contributed by atoms with Crippen LogP contribution in [0.4, 0.5) is 5.95 Å². The van der Waals surface area contributed by atoms with Crippen LogP contribution in [0.15, 0.2) is 48.5 Å². The van der Waals surface area contributed by atoms with E-state index in [1.165, 1.54) is 46.5 Å². The topological polar surface area (TPSA) is 40.7 Å². The lowest BCUT2D eigenvalue weighted by molar-refractivity contribution is 0.667. The summed E-state index contributed by atoms with van der Waals surface area (Å²) in [5, 5.41) is 3.64. The van der Waals surface area contributed by atoms with Gasteiger partial charge >= 0.3 is 0 Å². The standard InChI is InChI=1S/C20H19N3/c1-3-9-15-13(7-1)14-8-2-4-10-16(14)19(15)23-20-21-17-11-5-6-12-18(17)22-20/h1-4,7-10,19H,5-6,11-12H2,(H2,21,22,23). The molecule has 1 aromatic heterocycles. The van der Waals surface area contributed by atoms with Crippen molar-refractivity contribution in [2.24, 2.45) is 0 Å². The molecule has 0 bridgehead atoms. The predicted octanol–water partition coefficient (Wildman–Crippen LogP) is 4.47. The van der Waals surface area contributed by atoms with Crippen molar-refractivity contribution in [2.75, 3.05) is 5.32 Å². The highest BCUT2D eigenvalue weighted by atomic mass is 15.1. The Morgan fingerprint density at radius 2 is 1.52 bits per heavy atom. The largest absolute Gasteiger partial charge is 0.345 e. The molecule has 3 heteroatoms. The highest BCUT2D eigenvalue weighted by molar-refractivity contribution is 5.79. The molecule has 0 saturated carbocycles. The number of hydrogen-bond acceptors (Lipinski definition) is 2. The molecule has 23 heavy (non-hydrogen) atoms. The number of fused-ring (bicyclic) bond motifs is 4. The van der Waals surface area contributed by atoms with E-state index in [9.17, 15) is 0 Å². The summed E-state index contributed by atoms with van der Waals surface area (Å²) in [4.78, 5) is 8.29. The zero-order valence-corrected chi connectivity index (χ0v) is 13.0. The average Bonchev–Trinajstić information content (AvgIpc) is 3.15. The molecule has 2 aliphatic rings. The number of aromatic nitrogens is 2. The van der Waals surface area contributed by atoms with Gasteiger partial charge in [0.1, 0.15) is 0 Å². The van der Waals surface area contributed by atoms with Crippen molar-refractivity contribution >= 4 is 5.95 Å². The highest BCUT2D eigenvalue weighted by Gasteiger charge is 2.28. The molecule has 3 aromatic rings. The van der Waals surface area contributed by atoms with Crippen LogP contribution in [0.2, 0.25) is 0 Å². The maximum absolute atomic E-state index is 4.79. The molecule has 0 atom stereocenters. The van der Waals surface area contributed by atoms with Gasteiger partial charge in [-0.3, -0.25) is 0 Å². The van der Waals surface area contributed by atoms with Gasteiger partial charge in [0, 0.05) is 5.69 Å². The van der Waals surface area contributed by atoms with Crippen LogP contribution in [0.25, 0.3) is 11.1 Å². The van der Waals surface area contributed by atoms with Gasteiger partial charge in [0.15, 0.2) is 0 Å². The van der Waals surface area contributed by atoms with Gasteiger partial charge < -0.3 is 10.3 Å². The van der Waals surface area contributed by atoms with Crippen LogP contribution in [-0.2, 0) is 12.8 Å². The Bertz CT molecular complexity index is 809. The van der Waals surface area contributed by atoms with Crippen LogP contribution >= 0.6 is 0 Å². The number of aromatic amines is 1. The Morgan fingerprint density at radius 1 is 0.870 bits per heavy atom. The molecule has 2 aliphatic carbocycles. The second-order valence-corrected chi connectivity index (χ2v) is 6.47.